The molecule has 1 rings (SSSR count). The first-order chi connectivity index (χ1) is 9.56. The van der Waals surface area contributed by atoms with Crippen LogP contribution in [0.1, 0.15) is 25.8 Å². The highest BCUT2D eigenvalue weighted by molar-refractivity contribution is 6.31. The van der Waals surface area contributed by atoms with Gasteiger partial charge in [0.15, 0.2) is 0 Å². The Hall–Kier alpha value is -0.770. The molecule has 0 saturated carbocycles. The van der Waals surface area contributed by atoms with E-state index in [9.17, 15) is 0 Å². The Morgan fingerprint density at radius 1 is 1.35 bits per heavy atom. The summed E-state index contributed by atoms with van der Waals surface area (Å²) >= 11 is 6.35. The van der Waals surface area contributed by atoms with E-state index in [0.717, 1.165) is 30.2 Å². The van der Waals surface area contributed by atoms with Crippen molar-refractivity contribution >= 4 is 17.3 Å². The number of rotatable bonds is 9. The molecule has 0 atom stereocenters. The smallest absolute Gasteiger partial charge is 0.0587 e. The molecule has 20 heavy (non-hydrogen) atoms. The molecule has 1 aromatic rings. The summed E-state index contributed by atoms with van der Waals surface area (Å²) in [7, 11) is 3.84. The van der Waals surface area contributed by atoms with Crippen molar-refractivity contribution in [3.05, 3.63) is 28.8 Å². The number of hydrogen-bond donors (Lipinski definition) is 1. The monoisotopic (exact) mass is 298 g/mol. The molecule has 3 nitrogen and oxygen atoms in total. The molecule has 0 radical (unpaired) electrons. The van der Waals surface area contributed by atoms with Crippen LogP contribution in [0.5, 0.6) is 0 Å². The fraction of sp³-hybridized carbons (Fsp3) is 0.625. The zero-order chi connectivity index (χ0) is 15.0. The van der Waals surface area contributed by atoms with Crippen molar-refractivity contribution < 1.29 is 4.74 Å². The van der Waals surface area contributed by atoms with E-state index in [1.807, 2.05) is 12.1 Å². The van der Waals surface area contributed by atoms with E-state index < -0.39 is 0 Å². The van der Waals surface area contributed by atoms with Gasteiger partial charge < -0.3 is 15.0 Å². The third-order valence-electron chi connectivity index (χ3n) is 3.33. The Kier molecular flexibility index (Phi) is 7.97. The standard InChI is InChI=1S/C16H27ClN2O/c1-13(2)8-10-19(3)16-7-5-6-15(17)14(16)12-18-9-11-20-4/h5-7,13,18H,8-12H2,1-4H3. The summed E-state index contributed by atoms with van der Waals surface area (Å²) in [6.07, 6.45) is 1.18. The zero-order valence-corrected chi connectivity index (χ0v) is 13.8. The van der Waals surface area contributed by atoms with Crippen LogP contribution < -0.4 is 10.2 Å². The molecule has 114 valence electrons. The Morgan fingerprint density at radius 2 is 2.10 bits per heavy atom. The molecule has 0 amide bonds. The van der Waals surface area contributed by atoms with Crippen LogP contribution in [-0.4, -0.2) is 33.9 Å². The van der Waals surface area contributed by atoms with Crippen LogP contribution in [0.25, 0.3) is 0 Å². The van der Waals surface area contributed by atoms with Crippen LogP contribution in [0.15, 0.2) is 18.2 Å². The van der Waals surface area contributed by atoms with Gasteiger partial charge in [0.05, 0.1) is 6.61 Å². The quantitative estimate of drug-likeness (QED) is 0.706. The highest BCUT2D eigenvalue weighted by Crippen LogP contribution is 2.27. The maximum Gasteiger partial charge on any atom is 0.0587 e. The number of methoxy groups -OCH3 is 1. The lowest BCUT2D eigenvalue weighted by Gasteiger charge is -2.24. The summed E-state index contributed by atoms with van der Waals surface area (Å²) in [6.45, 7) is 7.85. The number of benzene rings is 1. The first-order valence-electron chi connectivity index (χ1n) is 7.24. The van der Waals surface area contributed by atoms with Gasteiger partial charge in [0.25, 0.3) is 0 Å². The van der Waals surface area contributed by atoms with E-state index in [-0.39, 0.29) is 0 Å². The van der Waals surface area contributed by atoms with Crippen molar-refractivity contribution in [3.63, 3.8) is 0 Å². The average molecular weight is 299 g/mol. The fourth-order valence-electron chi connectivity index (χ4n) is 2.04. The van der Waals surface area contributed by atoms with Gasteiger partial charge in [0.1, 0.15) is 0 Å². The van der Waals surface area contributed by atoms with Gasteiger partial charge in [-0.2, -0.15) is 0 Å². The Labute approximate surface area is 128 Å². The molecule has 0 saturated heterocycles. The largest absolute Gasteiger partial charge is 0.383 e. The number of halogens is 1. The van der Waals surface area contributed by atoms with Crippen molar-refractivity contribution in [1.29, 1.82) is 0 Å². The topological polar surface area (TPSA) is 24.5 Å². The first-order valence-corrected chi connectivity index (χ1v) is 7.62. The molecular formula is C16H27ClN2O. The number of hydrogen-bond acceptors (Lipinski definition) is 3. The lowest BCUT2D eigenvalue weighted by molar-refractivity contribution is 0.199. The van der Waals surface area contributed by atoms with Gasteiger partial charge in [0, 0.05) is 50.1 Å². The summed E-state index contributed by atoms with van der Waals surface area (Å²) in [5, 5.41) is 4.19. The molecule has 0 heterocycles. The predicted molar refractivity (Wildman–Crippen MR) is 87.8 cm³/mol. The van der Waals surface area contributed by atoms with Crippen LogP contribution in [0, 0.1) is 5.92 Å². The van der Waals surface area contributed by atoms with E-state index >= 15 is 0 Å². The normalized spacial score (nSPS) is 11.1. The molecule has 0 spiro atoms. The molecule has 0 unspecified atom stereocenters. The van der Waals surface area contributed by atoms with Gasteiger partial charge in [-0.3, -0.25) is 0 Å². The Bertz CT molecular complexity index is 396. The summed E-state index contributed by atoms with van der Waals surface area (Å²) in [5.41, 5.74) is 2.37. The highest BCUT2D eigenvalue weighted by atomic mass is 35.5. The molecular weight excluding hydrogens is 272 g/mol. The van der Waals surface area contributed by atoms with Crippen molar-refractivity contribution in [2.75, 3.05) is 38.8 Å². The van der Waals surface area contributed by atoms with Crippen LogP contribution in [-0.2, 0) is 11.3 Å². The highest BCUT2D eigenvalue weighted by Gasteiger charge is 2.11. The van der Waals surface area contributed by atoms with E-state index in [0.29, 0.717) is 12.5 Å². The SMILES string of the molecule is COCCNCc1c(Cl)cccc1N(C)CCC(C)C. The van der Waals surface area contributed by atoms with Gasteiger partial charge in [-0.1, -0.05) is 31.5 Å². The van der Waals surface area contributed by atoms with Crippen molar-refractivity contribution in [3.8, 4) is 0 Å². The zero-order valence-electron chi connectivity index (χ0n) is 13.1. The van der Waals surface area contributed by atoms with E-state index in [1.54, 1.807) is 7.11 Å². The maximum atomic E-state index is 6.35. The lowest BCUT2D eigenvalue weighted by atomic mass is 10.1. The third kappa shape index (κ3) is 5.70. The second-order valence-corrected chi connectivity index (χ2v) is 5.92. The Balaban J connectivity index is 2.71. The summed E-state index contributed by atoms with van der Waals surface area (Å²) in [4.78, 5) is 2.29. The second kappa shape index (κ2) is 9.22. The van der Waals surface area contributed by atoms with E-state index in [4.69, 9.17) is 16.3 Å². The van der Waals surface area contributed by atoms with Crippen LogP contribution >= 0.6 is 11.6 Å². The summed E-state index contributed by atoms with van der Waals surface area (Å²) < 4.78 is 5.05. The maximum absolute atomic E-state index is 6.35. The summed E-state index contributed by atoms with van der Waals surface area (Å²) in [6, 6.07) is 6.11. The van der Waals surface area contributed by atoms with Gasteiger partial charge in [-0.25, -0.2) is 0 Å². The fourth-order valence-corrected chi connectivity index (χ4v) is 2.28. The van der Waals surface area contributed by atoms with E-state index in [2.05, 4.69) is 37.2 Å². The number of nitrogens with one attached hydrogen (secondary N) is 1. The molecule has 0 aliphatic heterocycles. The van der Waals surface area contributed by atoms with Crippen LogP contribution in [0.2, 0.25) is 5.02 Å². The van der Waals surface area contributed by atoms with Crippen molar-refractivity contribution in [2.45, 2.75) is 26.8 Å². The minimum Gasteiger partial charge on any atom is -0.383 e. The molecule has 1 aromatic carbocycles. The summed E-state index contributed by atoms with van der Waals surface area (Å²) in [5.74, 6) is 0.708. The van der Waals surface area contributed by atoms with Gasteiger partial charge >= 0.3 is 0 Å². The van der Waals surface area contributed by atoms with Gasteiger partial charge in [-0.05, 0) is 24.5 Å². The van der Waals surface area contributed by atoms with Crippen LogP contribution in [0.3, 0.4) is 0 Å². The predicted octanol–water partition coefficient (Wildman–Crippen LogP) is 3.56. The van der Waals surface area contributed by atoms with E-state index in [1.165, 1.54) is 12.1 Å². The van der Waals surface area contributed by atoms with Crippen LogP contribution in [0.4, 0.5) is 5.69 Å². The van der Waals surface area contributed by atoms with Crippen molar-refractivity contribution in [1.82, 2.24) is 5.32 Å². The molecule has 1 N–H and O–H groups in total. The molecule has 0 aromatic heterocycles. The molecule has 0 fully saturated rings. The minimum absolute atomic E-state index is 0.708. The number of ether oxygens (including phenoxy) is 1. The lowest BCUT2D eigenvalue weighted by Crippen LogP contribution is -2.24. The molecule has 0 aliphatic rings. The molecule has 0 aliphatic carbocycles. The first kappa shape index (κ1) is 17.3. The Morgan fingerprint density at radius 3 is 2.75 bits per heavy atom. The molecule has 4 heteroatoms. The van der Waals surface area contributed by atoms with Gasteiger partial charge in [-0.15, -0.1) is 0 Å². The number of anilines is 1. The third-order valence-corrected chi connectivity index (χ3v) is 3.69. The number of nitrogens with zero attached hydrogens (tertiary/aromatic N) is 1. The second-order valence-electron chi connectivity index (χ2n) is 5.51. The van der Waals surface area contributed by atoms with Gasteiger partial charge in [0.2, 0.25) is 0 Å². The molecule has 0 bridgehead atoms. The average Bonchev–Trinajstić information content (AvgIpc) is 2.42. The van der Waals surface area contributed by atoms with Crippen molar-refractivity contribution in [2.24, 2.45) is 5.92 Å². The minimum atomic E-state index is 0.708.